The van der Waals surface area contributed by atoms with Gasteiger partial charge in [0, 0.05) is 23.0 Å². The lowest BCUT2D eigenvalue weighted by atomic mass is 10.1. The summed E-state index contributed by atoms with van der Waals surface area (Å²) in [4.78, 5) is 15.8. The number of nitrogens with one attached hydrogen (secondary N) is 1. The summed E-state index contributed by atoms with van der Waals surface area (Å²) in [5.74, 6) is 1.12. The van der Waals surface area contributed by atoms with Gasteiger partial charge in [-0.2, -0.15) is 0 Å². The molecule has 0 radical (unpaired) electrons. The van der Waals surface area contributed by atoms with Crippen molar-refractivity contribution in [3.63, 3.8) is 0 Å². The maximum atomic E-state index is 12.4. The zero-order valence-corrected chi connectivity index (χ0v) is 16.4. The van der Waals surface area contributed by atoms with Gasteiger partial charge < -0.3 is 15.0 Å². The highest BCUT2D eigenvalue weighted by Gasteiger charge is 2.16. The van der Waals surface area contributed by atoms with Gasteiger partial charge in [-0.05, 0) is 61.7 Å². The van der Waals surface area contributed by atoms with Crippen LogP contribution in [-0.4, -0.2) is 31.9 Å². The van der Waals surface area contributed by atoms with Gasteiger partial charge in [-0.25, -0.2) is 0 Å². The molecule has 0 spiro atoms. The molecule has 0 aliphatic carbocycles. The average molecular weight is 391 g/mol. The molecule has 1 fully saturated rings. The number of ether oxygens (including phenoxy) is 1. The highest BCUT2D eigenvalue weighted by molar-refractivity contribution is 8.00. The van der Waals surface area contributed by atoms with Crippen LogP contribution in [0.4, 0.5) is 11.4 Å². The van der Waals surface area contributed by atoms with E-state index in [-0.39, 0.29) is 5.91 Å². The predicted molar refractivity (Wildman–Crippen MR) is 110 cm³/mol. The Bertz CT molecular complexity index is 746. The summed E-state index contributed by atoms with van der Waals surface area (Å²) in [5, 5.41) is 3.66. The number of amides is 1. The molecule has 1 heterocycles. The van der Waals surface area contributed by atoms with Crippen molar-refractivity contribution >= 4 is 40.6 Å². The fourth-order valence-corrected chi connectivity index (χ4v) is 3.90. The first kappa shape index (κ1) is 18.9. The molecule has 3 rings (SSSR count). The maximum Gasteiger partial charge on any atom is 0.234 e. The lowest BCUT2D eigenvalue weighted by molar-refractivity contribution is -0.113. The molecule has 1 saturated heterocycles. The number of hydrogen-bond donors (Lipinski definition) is 1. The number of hydrogen-bond acceptors (Lipinski definition) is 4. The molecule has 0 atom stereocenters. The fourth-order valence-electron chi connectivity index (χ4n) is 3.03. The predicted octanol–water partition coefficient (Wildman–Crippen LogP) is 5.07. The minimum Gasteiger partial charge on any atom is -0.497 e. The second-order valence-corrected chi connectivity index (χ2v) is 7.71. The minimum absolute atomic E-state index is 0.0358. The van der Waals surface area contributed by atoms with E-state index in [0.29, 0.717) is 10.8 Å². The molecule has 138 valence electrons. The first-order valence-corrected chi connectivity index (χ1v) is 10.1. The summed E-state index contributed by atoms with van der Waals surface area (Å²) in [6, 6.07) is 13.4. The lowest BCUT2D eigenvalue weighted by Gasteiger charge is -2.30. The van der Waals surface area contributed by atoms with Crippen molar-refractivity contribution in [1.82, 2.24) is 0 Å². The van der Waals surface area contributed by atoms with Gasteiger partial charge in [0.25, 0.3) is 0 Å². The molecule has 0 saturated carbocycles. The number of carbonyl (C=O) groups excluding carboxylic acids is 1. The topological polar surface area (TPSA) is 41.6 Å². The van der Waals surface area contributed by atoms with E-state index < -0.39 is 0 Å². The average Bonchev–Trinajstić information content (AvgIpc) is 2.67. The number of rotatable bonds is 6. The second kappa shape index (κ2) is 9.19. The van der Waals surface area contributed by atoms with Crippen LogP contribution in [0.1, 0.15) is 19.3 Å². The molecule has 4 nitrogen and oxygen atoms in total. The fraction of sp³-hybridized carbons (Fsp3) is 0.350. The number of carbonyl (C=O) groups is 1. The Labute approximate surface area is 163 Å². The van der Waals surface area contributed by atoms with Gasteiger partial charge in [0.05, 0.1) is 24.2 Å². The van der Waals surface area contributed by atoms with Crippen LogP contribution >= 0.6 is 23.4 Å². The third kappa shape index (κ3) is 5.08. The van der Waals surface area contributed by atoms with Crippen molar-refractivity contribution in [2.75, 3.05) is 36.2 Å². The quantitative estimate of drug-likeness (QED) is 0.699. The Kier molecular flexibility index (Phi) is 6.69. The smallest absolute Gasteiger partial charge is 0.234 e. The van der Waals surface area contributed by atoms with Gasteiger partial charge in [0.1, 0.15) is 5.75 Å². The molecule has 1 aliphatic rings. The Morgan fingerprint density at radius 3 is 2.58 bits per heavy atom. The molecular weight excluding hydrogens is 368 g/mol. The number of benzene rings is 2. The van der Waals surface area contributed by atoms with Gasteiger partial charge in [0.15, 0.2) is 0 Å². The second-order valence-electron chi connectivity index (χ2n) is 6.22. The molecule has 2 aromatic rings. The van der Waals surface area contributed by atoms with E-state index in [0.717, 1.165) is 35.1 Å². The largest absolute Gasteiger partial charge is 0.497 e. The van der Waals surface area contributed by atoms with Gasteiger partial charge >= 0.3 is 0 Å². The van der Waals surface area contributed by atoms with Crippen LogP contribution in [0.25, 0.3) is 0 Å². The molecule has 2 aromatic carbocycles. The van der Waals surface area contributed by atoms with E-state index in [1.54, 1.807) is 7.11 Å². The Balaban J connectivity index is 1.63. The molecule has 0 bridgehead atoms. The monoisotopic (exact) mass is 390 g/mol. The van der Waals surface area contributed by atoms with Crippen molar-refractivity contribution in [3.05, 3.63) is 47.5 Å². The highest BCUT2D eigenvalue weighted by atomic mass is 35.5. The zero-order valence-electron chi connectivity index (χ0n) is 14.8. The summed E-state index contributed by atoms with van der Waals surface area (Å²) in [6.07, 6.45) is 3.64. The van der Waals surface area contributed by atoms with Crippen molar-refractivity contribution in [1.29, 1.82) is 0 Å². The van der Waals surface area contributed by atoms with Gasteiger partial charge in [-0.3, -0.25) is 4.79 Å². The van der Waals surface area contributed by atoms with Crippen molar-refractivity contribution < 1.29 is 9.53 Å². The molecule has 1 amide bonds. The van der Waals surface area contributed by atoms with Crippen LogP contribution in [0.3, 0.4) is 0 Å². The van der Waals surface area contributed by atoms with Crippen LogP contribution < -0.4 is 15.0 Å². The third-order valence-corrected chi connectivity index (χ3v) is 5.61. The van der Waals surface area contributed by atoms with Crippen molar-refractivity contribution in [3.8, 4) is 5.75 Å². The van der Waals surface area contributed by atoms with Crippen molar-refractivity contribution in [2.45, 2.75) is 24.2 Å². The Morgan fingerprint density at radius 1 is 1.15 bits per heavy atom. The van der Waals surface area contributed by atoms with Crippen LogP contribution in [0, 0.1) is 0 Å². The number of anilines is 2. The number of halogens is 1. The minimum atomic E-state index is -0.0358. The van der Waals surface area contributed by atoms with E-state index >= 15 is 0 Å². The summed E-state index contributed by atoms with van der Waals surface area (Å²) in [5.41, 5.74) is 1.84. The molecule has 0 aromatic heterocycles. The SMILES string of the molecule is COc1ccc(SCC(=O)Nc2cc(Cl)ccc2N2CCCCC2)cc1. The summed E-state index contributed by atoms with van der Waals surface area (Å²) >= 11 is 7.65. The highest BCUT2D eigenvalue weighted by Crippen LogP contribution is 2.31. The normalized spacial score (nSPS) is 14.2. The Morgan fingerprint density at radius 2 is 1.88 bits per heavy atom. The van der Waals surface area contributed by atoms with Crippen LogP contribution in [0.2, 0.25) is 5.02 Å². The van der Waals surface area contributed by atoms with Gasteiger partial charge in [0.2, 0.25) is 5.91 Å². The molecular formula is C20H23ClN2O2S. The summed E-state index contributed by atoms with van der Waals surface area (Å²) in [7, 11) is 1.64. The summed E-state index contributed by atoms with van der Waals surface area (Å²) in [6.45, 7) is 2.04. The summed E-state index contributed by atoms with van der Waals surface area (Å²) < 4.78 is 5.15. The molecule has 1 aliphatic heterocycles. The van der Waals surface area contributed by atoms with Gasteiger partial charge in [-0.15, -0.1) is 11.8 Å². The first-order chi connectivity index (χ1) is 12.7. The molecule has 1 N–H and O–H groups in total. The van der Waals surface area contributed by atoms with E-state index in [2.05, 4.69) is 10.2 Å². The maximum absolute atomic E-state index is 12.4. The lowest BCUT2D eigenvalue weighted by Crippen LogP contribution is -2.30. The Hall–Kier alpha value is -1.85. The number of methoxy groups -OCH3 is 1. The van der Waals surface area contributed by atoms with E-state index in [1.165, 1.54) is 31.0 Å². The molecule has 6 heteroatoms. The molecule has 0 unspecified atom stereocenters. The van der Waals surface area contributed by atoms with E-state index in [1.807, 2.05) is 42.5 Å². The number of piperidine rings is 1. The van der Waals surface area contributed by atoms with Crippen LogP contribution in [0.5, 0.6) is 5.75 Å². The van der Waals surface area contributed by atoms with E-state index in [4.69, 9.17) is 16.3 Å². The standard InChI is InChI=1S/C20H23ClN2O2S/c1-25-16-6-8-17(9-7-16)26-14-20(24)22-18-13-15(21)5-10-19(18)23-11-3-2-4-12-23/h5-10,13H,2-4,11-12,14H2,1H3,(H,22,24). The third-order valence-electron chi connectivity index (χ3n) is 4.36. The van der Waals surface area contributed by atoms with Crippen molar-refractivity contribution in [2.24, 2.45) is 0 Å². The zero-order chi connectivity index (χ0) is 18.4. The number of thioether (sulfide) groups is 1. The molecule has 26 heavy (non-hydrogen) atoms. The van der Waals surface area contributed by atoms with Gasteiger partial charge in [-0.1, -0.05) is 11.6 Å². The number of nitrogens with zero attached hydrogens (tertiary/aromatic N) is 1. The van der Waals surface area contributed by atoms with Crippen LogP contribution in [-0.2, 0) is 4.79 Å². The van der Waals surface area contributed by atoms with E-state index in [9.17, 15) is 4.79 Å². The van der Waals surface area contributed by atoms with Crippen LogP contribution in [0.15, 0.2) is 47.4 Å². The first-order valence-electron chi connectivity index (χ1n) is 8.77.